The van der Waals surface area contributed by atoms with Crippen molar-refractivity contribution < 1.29 is 14.3 Å². The Balaban J connectivity index is 1.88. The number of halogens is 2. The summed E-state index contributed by atoms with van der Waals surface area (Å²) >= 11 is 11.9. The molecule has 0 radical (unpaired) electrons. The zero-order chi connectivity index (χ0) is 17.0. The van der Waals surface area contributed by atoms with Crippen LogP contribution in [0.1, 0.15) is 43.5 Å². The van der Waals surface area contributed by atoms with Gasteiger partial charge in [-0.3, -0.25) is 4.79 Å². The second-order valence-corrected chi connectivity index (χ2v) is 6.93. The molecule has 1 amide bonds. The SMILES string of the molecule is C[C@H]1[C@@H](NC(=O)COC(=O)c2c(Cl)cccc2Cl)CCC[C@@H]1C. The van der Waals surface area contributed by atoms with Crippen LogP contribution in [0.2, 0.25) is 10.0 Å². The van der Waals surface area contributed by atoms with Gasteiger partial charge >= 0.3 is 5.97 Å². The summed E-state index contributed by atoms with van der Waals surface area (Å²) in [6, 6.07) is 4.87. The van der Waals surface area contributed by atoms with Crippen molar-refractivity contribution in [2.45, 2.75) is 39.2 Å². The molecule has 1 saturated carbocycles. The highest BCUT2D eigenvalue weighted by Gasteiger charge is 2.28. The van der Waals surface area contributed by atoms with Crippen LogP contribution in [0.4, 0.5) is 0 Å². The molecule has 0 aromatic heterocycles. The summed E-state index contributed by atoms with van der Waals surface area (Å²) in [6.07, 6.45) is 3.25. The van der Waals surface area contributed by atoms with Gasteiger partial charge in [0.2, 0.25) is 0 Å². The molecule has 0 spiro atoms. The lowest BCUT2D eigenvalue weighted by Gasteiger charge is -2.34. The smallest absolute Gasteiger partial charge is 0.341 e. The standard InChI is InChI=1S/C17H21Cl2NO3/c1-10-5-3-8-14(11(10)2)20-15(21)9-23-17(22)16-12(18)6-4-7-13(16)19/h4,6-7,10-11,14H,3,5,8-9H2,1-2H3,(H,20,21)/t10-,11+,14-/m0/s1. The van der Waals surface area contributed by atoms with Gasteiger partial charge in [0.25, 0.3) is 5.91 Å². The van der Waals surface area contributed by atoms with Crippen molar-refractivity contribution in [1.29, 1.82) is 0 Å². The lowest BCUT2D eigenvalue weighted by atomic mass is 9.78. The number of carbonyl (C=O) groups excluding carboxylic acids is 2. The van der Waals surface area contributed by atoms with Crippen LogP contribution in [0, 0.1) is 11.8 Å². The number of carbonyl (C=O) groups is 2. The van der Waals surface area contributed by atoms with Gasteiger partial charge in [0.15, 0.2) is 6.61 Å². The molecule has 1 fully saturated rings. The molecule has 1 aliphatic rings. The fourth-order valence-electron chi connectivity index (χ4n) is 2.93. The first kappa shape index (κ1) is 18.1. The molecule has 3 atom stereocenters. The van der Waals surface area contributed by atoms with E-state index in [1.165, 1.54) is 6.42 Å². The van der Waals surface area contributed by atoms with E-state index >= 15 is 0 Å². The molecular weight excluding hydrogens is 337 g/mol. The number of esters is 1. The Morgan fingerprint density at radius 1 is 1.22 bits per heavy atom. The second kappa shape index (κ2) is 8.02. The molecule has 1 N–H and O–H groups in total. The van der Waals surface area contributed by atoms with E-state index in [0.29, 0.717) is 11.8 Å². The zero-order valence-corrected chi connectivity index (χ0v) is 14.8. The molecule has 1 aromatic carbocycles. The van der Waals surface area contributed by atoms with Crippen molar-refractivity contribution in [2.75, 3.05) is 6.61 Å². The average molecular weight is 358 g/mol. The Morgan fingerprint density at radius 3 is 2.52 bits per heavy atom. The highest BCUT2D eigenvalue weighted by Crippen LogP contribution is 2.29. The van der Waals surface area contributed by atoms with Gasteiger partial charge < -0.3 is 10.1 Å². The van der Waals surface area contributed by atoms with Gasteiger partial charge in [-0.05, 0) is 30.4 Å². The van der Waals surface area contributed by atoms with E-state index in [1.54, 1.807) is 18.2 Å². The third-order valence-corrected chi connectivity index (χ3v) is 5.18. The average Bonchev–Trinajstić information content (AvgIpc) is 2.49. The van der Waals surface area contributed by atoms with Crippen LogP contribution < -0.4 is 5.32 Å². The van der Waals surface area contributed by atoms with E-state index in [2.05, 4.69) is 19.2 Å². The summed E-state index contributed by atoms with van der Waals surface area (Å²) in [6.45, 7) is 4.00. The number of nitrogens with one attached hydrogen (secondary N) is 1. The molecule has 0 unspecified atom stereocenters. The number of ether oxygens (including phenoxy) is 1. The Hall–Kier alpha value is -1.26. The molecule has 23 heavy (non-hydrogen) atoms. The lowest BCUT2D eigenvalue weighted by molar-refractivity contribution is -0.125. The zero-order valence-electron chi connectivity index (χ0n) is 13.3. The summed E-state index contributed by atoms with van der Waals surface area (Å²) in [5.41, 5.74) is 0.0864. The molecule has 1 aromatic rings. The molecule has 1 aliphatic carbocycles. The maximum Gasteiger partial charge on any atom is 0.341 e. The maximum atomic E-state index is 12.0. The minimum Gasteiger partial charge on any atom is -0.452 e. The van der Waals surface area contributed by atoms with Crippen molar-refractivity contribution in [3.63, 3.8) is 0 Å². The van der Waals surface area contributed by atoms with Crippen LogP contribution in [0.25, 0.3) is 0 Å². The highest BCUT2D eigenvalue weighted by molar-refractivity contribution is 6.39. The molecular formula is C17H21Cl2NO3. The van der Waals surface area contributed by atoms with E-state index in [-0.39, 0.29) is 34.2 Å². The van der Waals surface area contributed by atoms with Crippen LogP contribution in [0.5, 0.6) is 0 Å². The lowest BCUT2D eigenvalue weighted by Crippen LogP contribution is -2.45. The largest absolute Gasteiger partial charge is 0.452 e. The van der Waals surface area contributed by atoms with Crippen LogP contribution >= 0.6 is 23.2 Å². The van der Waals surface area contributed by atoms with Crippen molar-refractivity contribution in [2.24, 2.45) is 11.8 Å². The second-order valence-electron chi connectivity index (χ2n) is 6.11. The van der Waals surface area contributed by atoms with Crippen LogP contribution in [-0.2, 0) is 9.53 Å². The van der Waals surface area contributed by atoms with Crippen LogP contribution in [0.3, 0.4) is 0 Å². The number of rotatable bonds is 4. The minimum absolute atomic E-state index is 0.0864. The van der Waals surface area contributed by atoms with Gasteiger partial charge in [0, 0.05) is 6.04 Å². The Bertz CT molecular complexity index is 571. The van der Waals surface area contributed by atoms with Crippen LogP contribution in [-0.4, -0.2) is 24.5 Å². The normalized spacial score (nSPS) is 24.1. The molecule has 0 heterocycles. The first-order valence-electron chi connectivity index (χ1n) is 7.80. The first-order valence-corrected chi connectivity index (χ1v) is 8.56. The van der Waals surface area contributed by atoms with Gasteiger partial charge in [0.05, 0.1) is 15.6 Å². The number of amides is 1. The van der Waals surface area contributed by atoms with E-state index in [1.807, 2.05) is 0 Å². The summed E-state index contributed by atoms with van der Waals surface area (Å²) < 4.78 is 5.04. The third kappa shape index (κ3) is 4.61. The first-order chi connectivity index (χ1) is 10.9. The number of benzene rings is 1. The third-order valence-electron chi connectivity index (χ3n) is 4.55. The molecule has 6 heteroatoms. The van der Waals surface area contributed by atoms with Crippen LogP contribution in [0.15, 0.2) is 18.2 Å². The van der Waals surface area contributed by atoms with E-state index in [9.17, 15) is 9.59 Å². The van der Waals surface area contributed by atoms with E-state index < -0.39 is 5.97 Å². The van der Waals surface area contributed by atoms with E-state index in [4.69, 9.17) is 27.9 Å². The quantitative estimate of drug-likeness (QED) is 0.825. The van der Waals surface area contributed by atoms with Crippen molar-refractivity contribution in [3.05, 3.63) is 33.8 Å². The Kier molecular flexibility index (Phi) is 6.31. The molecule has 2 rings (SSSR count). The van der Waals surface area contributed by atoms with Crippen molar-refractivity contribution in [1.82, 2.24) is 5.32 Å². The number of hydrogen-bond donors (Lipinski definition) is 1. The summed E-state index contributed by atoms with van der Waals surface area (Å²) in [4.78, 5) is 24.0. The number of hydrogen-bond acceptors (Lipinski definition) is 3. The van der Waals surface area contributed by atoms with Crippen molar-refractivity contribution >= 4 is 35.1 Å². The van der Waals surface area contributed by atoms with Gasteiger partial charge in [-0.25, -0.2) is 4.79 Å². The van der Waals surface area contributed by atoms with Crippen molar-refractivity contribution in [3.8, 4) is 0 Å². The maximum absolute atomic E-state index is 12.0. The fraction of sp³-hybridized carbons (Fsp3) is 0.529. The predicted octanol–water partition coefficient (Wildman–Crippen LogP) is 4.09. The molecule has 0 saturated heterocycles. The Morgan fingerprint density at radius 2 is 1.87 bits per heavy atom. The molecule has 4 nitrogen and oxygen atoms in total. The minimum atomic E-state index is -0.694. The highest BCUT2D eigenvalue weighted by atomic mass is 35.5. The Labute approximate surface area is 146 Å². The molecule has 126 valence electrons. The van der Waals surface area contributed by atoms with Gasteiger partial charge in [-0.2, -0.15) is 0 Å². The monoisotopic (exact) mass is 357 g/mol. The predicted molar refractivity (Wildman–Crippen MR) is 90.9 cm³/mol. The molecule has 0 aliphatic heterocycles. The molecule has 0 bridgehead atoms. The van der Waals surface area contributed by atoms with E-state index in [0.717, 1.165) is 12.8 Å². The van der Waals surface area contributed by atoms with Gasteiger partial charge in [0.1, 0.15) is 0 Å². The summed E-state index contributed by atoms with van der Waals surface area (Å²) in [5.74, 6) is 0.00762. The van der Waals surface area contributed by atoms with Gasteiger partial charge in [-0.15, -0.1) is 0 Å². The van der Waals surface area contributed by atoms with Gasteiger partial charge in [-0.1, -0.05) is 56.0 Å². The fourth-order valence-corrected chi connectivity index (χ4v) is 3.48. The topological polar surface area (TPSA) is 55.4 Å². The summed E-state index contributed by atoms with van der Waals surface area (Å²) in [7, 11) is 0. The summed E-state index contributed by atoms with van der Waals surface area (Å²) in [5, 5.41) is 3.37.